The van der Waals surface area contributed by atoms with Gasteiger partial charge < -0.3 is 15.1 Å². The number of amides is 1. The van der Waals surface area contributed by atoms with E-state index in [1.807, 2.05) is 0 Å². The van der Waals surface area contributed by atoms with Gasteiger partial charge in [-0.1, -0.05) is 6.42 Å². The number of nitrogens with zero attached hydrogens (tertiary/aromatic N) is 2. The van der Waals surface area contributed by atoms with E-state index >= 15 is 0 Å². The van der Waals surface area contributed by atoms with Gasteiger partial charge in [0.05, 0.1) is 6.61 Å². The average molecular weight is 259 g/mol. The molecular formula is C11H21N3O4. The second-order valence-corrected chi connectivity index (χ2v) is 4.41. The normalized spacial score (nSPS) is 16.2. The van der Waals surface area contributed by atoms with Gasteiger partial charge in [0.15, 0.2) is 0 Å². The van der Waals surface area contributed by atoms with Crippen LogP contribution in [0.5, 0.6) is 0 Å². The van der Waals surface area contributed by atoms with Crippen LogP contribution in [0.25, 0.3) is 0 Å². The molecule has 0 saturated carbocycles. The molecule has 0 aromatic heterocycles. The fourth-order valence-electron chi connectivity index (χ4n) is 2.00. The molecule has 0 atom stereocenters. The first-order chi connectivity index (χ1) is 8.68. The van der Waals surface area contributed by atoms with Crippen molar-refractivity contribution < 1.29 is 14.7 Å². The van der Waals surface area contributed by atoms with E-state index < -0.39 is 5.09 Å². The molecule has 0 spiro atoms. The lowest BCUT2D eigenvalue weighted by molar-refractivity contribution is -0.757. The highest BCUT2D eigenvalue weighted by molar-refractivity contribution is 5.75. The third-order valence-electron chi connectivity index (χ3n) is 2.94. The highest BCUT2D eigenvalue weighted by Gasteiger charge is 2.09. The predicted octanol–water partition coefficient (Wildman–Crippen LogP) is 0.577. The van der Waals surface area contributed by atoms with Crippen molar-refractivity contribution in [1.82, 2.24) is 10.2 Å². The zero-order valence-electron chi connectivity index (χ0n) is 10.6. The maximum absolute atomic E-state index is 11.4. The van der Waals surface area contributed by atoms with Crippen LogP contribution in [0.15, 0.2) is 0 Å². The smallest absolute Gasteiger partial charge is 0.294 e. The summed E-state index contributed by atoms with van der Waals surface area (Å²) in [7, 11) is 0. The molecule has 1 fully saturated rings. The molecule has 1 saturated heterocycles. The Morgan fingerprint density at radius 1 is 1.33 bits per heavy atom. The average Bonchev–Trinajstić information content (AvgIpc) is 2.36. The lowest BCUT2D eigenvalue weighted by atomic mass is 10.1. The van der Waals surface area contributed by atoms with E-state index in [2.05, 4.69) is 15.1 Å². The number of nitrogens with one attached hydrogen (secondary N) is 1. The molecule has 0 aromatic rings. The lowest BCUT2D eigenvalue weighted by Gasteiger charge is -2.26. The SMILES string of the molecule is O=C(CCCO[N+](=O)[O-])NCCN1CCCCC1. The van der Waals surface area contributed by atoms with Crippen LogP contribution in [-0.2, 0) is 9.63 Å². The molecule has 1 heterocycles. The maximum Gasteiger partial charge on any atom is 0.294 e. The van der Waals surface area contributed by atoms with Crippen LogP contribution in [0.1, 0.15) is 32.1 Å². The van der Waals surface area contributed by atoms with Crippen LogP contribution in [0.2, 0.25) is 0 Å². The Balaban J connectivity index is 1.94. The van der Waals surface area contributed by atoms with Gasteiger partial charge in [-0.25, -0.2) is 0 Å². The molecule has 1 aliphatic rings. The Labute approximate surface area is 107 Å². The van der Waals surface area contributed by atoms with Crippen LogP contribution in [-0.4, -0.2) is 48.7 Å². The van der Waals surface area contributed by atoms with E-state index in [4.69, 9.17) is 0 Å². The van der Waals surface area contributed by atoms with Gasteiger partial charge in [-0.15, -0.1) is 10.1 Å². The number of hydrogen-bond acceptors (Lipinski definition) is 5. The number of piperidine rings is 1. The first-order valence-corrected chi connectivity index (χ1v) is 6.45. The van der Waals surface area contributed by atoms with Crippen LogP contribution in [0.4, 0.5) is 0 Å². The Kier molecular flexibility index (Phi) is 7.09. The van der Waals surface area contributed by atoms with Crippen molar-refractivity contribution in [3.05, 3.63) is 10.1 Å². The molecule has 1 N–H and O–H groups in total. The zero-order chi connectivity index (χ0) is 13.2. The van der Waals surface area contributed by atoms with E-state index in [-0.39, 0.29) is 18.9 Å². The van der Waals surface area contributed by atoms with E-state index in [1.165, 1.54) is 19.3 Å². The summed E-state index contributed by atoms with van der Waals surface area (Å²) < 4.78 is 0. The molecular weight excluding hydrogens is 238 g/mol. The molecule has 0 radical (unpaired) electrons. The van der Waals surface area contributed by atoms with E-state index in [1.54, 1.807) is 0 Å². The van der Waals surface area contributed by atoms with Gasteiger partial charge in [-0.05, 0) is 32.4 Å². The summed E-state index contributed by atoms with van der Waals surface area (Å²) >= 11 is 0. The Morgan fingerprint density at radius 2 is 2.06 bits per heavy atom. The number of likely N-dealkylation sites (tertiary alicyclic amines) is 1. The number of hydrogen-bond donors (Lipinski definition) is 1. The van der Waals surface area contributed by atoms with Crippen molar-refractivity contribution in [2.45, 2.75) is 32.1 Å². The summed E-state index contributed by atoms with van der Waals surface area (Å²) in [6.45, 7) is 3.75. The van der Waals surface area contributed by atoms with Gasteiger partial charge in [0.1, 0.15) is 0 Å². The minimum atomic E-state index is -0.839. The fraction of sp³-hybridized carbons (Fsp3) is 0.909. The third kappa shape index (κ3) is 7.05. The van der Waals surface area contributed by atoms with Gasteiger partial charge in [0, 0.05) is 19.5 Å². The zero-order valence-corrected chi connectivity index (χ0v) is 10.6. The Morgan fingerprint density at radius 3 is 2.72 bits per heavy atom. The first kappa shape index (κ1) is 14.7. The van der Waals surface area contributed by atoms with Gasteiger partial charge in [0.25, 0.3) is 5.09 Å². The van der Waals surface area contributed by atoms with Crippen molar-refractivity contribution in [1.29, 1.82) is 0 Å². The van der Waals surface area contributed by atoms with Crippen LogP contribution in [0, 0.1) is 10.1 Å². The number of carbonyl (C=O) groups is 1. The standard InChI is InChI=1S/C11H21N3O4/c15-11(5-4-10-18-14(16)17)12-6-9-13-7-2-1-3-8-13/h1-10H2,(H,12,15). The summed E-state index contributed by atoms with van der Waals surface area (Å²) in [5.74, 6) is -0.0704. The van der Waals surface area contributed by atoms with E-state index in [0.29, 0.717) is 13.0 Å². The molecule has 0 aromatic carbocycles. The van der Waals surface area contributed by atoms with Gasteiger partial charge in [0.2, 0.25) is 5.91 Å². The Hall–Kier alpha value is -1.37. The molecule has 104 valence electrons. The lowest BCUT2D eigenvalue weighted by Crippen LogP contribution is -2.37. The molecule has 1 rings (SSSR count). The van der Waals surface area contributed by atoms with Crippen LogP contribution in [0.3, 0.4) is 0 Å². The van der Waals surface area contributed by atoms with Crippen molar-refractivity contribution >= 4 is 5.91 Å². The van der Waals surface area contributed by atoms with Gasteiger partial charge in [-0.3, -0.25) is 4.79 Å². The van der Waals surface area contributed by atoms with Crippen molar-refractivity contribution in [3.63, 3.8) is 0 Å². The predicted molar refractivity (Wildman–Crippen MR) is 65.5 cm³/mol. The fourth-order valence-corrected chi connectivity index (χ4v) is 2.00. The minimum absolute atomic E-state index is 0.0213. The van der Waals surface area contributed by atoms with E-state index in [0.717, 1.165) is 19.6 Å². The summed E-state index contributed by atoms with van der Waals surface area (Å²) in [6.07, 6.45) is 4.43. The second-order valence-electron chi connectivity index (χ2n) is 4.41. The first-order valence-electron chi connectivity index (χ1n) is 6.45. The molecule has 1 aliphatic heterocycles. The minimum Gasteiger partial charge on any atom is -0.355 e. The van der Waals surface area contributed by atoms with Gasteiger partial charge in [-0.2, -0.15) is 0 Å². The molecule has 0 aliphatic carbocycles. The summed E-state index contributed by atoms with van der Waals surface area (Å²) in [6, 6.07) is 0. The Bertz CT molecular complexity index is 267. The van der Waals surface area contributed by atoms with Crippen LogP contribution >= 0.6 is 0 Å². The maximum atomic E-state index is 11.4. The van der Waals surface area contributed by atoms with Gasteiger partial charge >= 0.3 is 0 Å². The summed E-state index contributed by atoms with van der Waals surface area (Å²) in [4.78, 5) is 27.7. The highest BCUT2D eigenvalue weighted by Crippen LogP contribution is 2.07. The van der Waals surface area contributed by atoms with Crippen molar-refractivity contribution in [3.8, 4) is 0 Å². The summed E-state index contributed by atoms with van der Waals surface area (Å²) in [5, 5.41) is 11.8. The highest BCUT2D eigenvalue weighted by atomic mass is 16.9. The molecule has 0 unspecified atom stereocenters. The second kappa shape index (κ2) is 8.68. The number of carbonyl (C=O) groups excluding carboxylic acids is 1. The number of rotatable bonds is 8. The van der Waals surface area contributed by atoms with Crippen molar-refractivity contribution in [2.75, 3.05) is 32.8 Å². The quantitative estimate of drug-likeness (QED) is 0.391. The molecule has 18 heavy (non-hydrogen) atoms. The molecule has 7 heteroatoms. The molecule has 0 bridgehead atoms. The molecule has 1 amide bonds. The summed E-state index contributed by atoms with van der Waals surface area (Å²) in [5.41, 5.74) is 0. The van der Waals surface area contributed by atoms with Crippen molar-refractivity contribution in [2.24, 2.45) is 0 Å². The molecule has 7 nitrogen and oxygen atoms in total. The topological polar surface area (TPSA) is 84.7 Å². The monoisotopic (exact) mass is 259 g/mol. The van der Waals surface area contributed by atoms with E-state index in [9.17, 15) is 14.9 Å². The third-order valence-corrected chi connectivity index (χ3v) is 2.94. The van der Waals surface area contributed by atoms with Crippen LogP contribution < -0.4 is 5.32 Å². The largest absolute Gasteiger partial charge is 0.355 e.